The van der Waals surface area contributed by atoms with Crippen molar-refractivity contribution in [1.82, 2.24) is 9.80 Å². The predicted octanol–water partition coefficient (Wildman–Crippen LogP) is 0.892. The number of piperidine rings is 2. The van der Waals surface area contributed by atoms with Crippen LogP contribution in [0.25, 0.3) is 0 Å². The maximum absolute atomic E-state index is 9.92. The van der Waals surface area contributed by atoms with Crippen molar-refractivity contribution >= 4 is 0 Å². The molecule has 2 heterocycles. The zero-order valence-corrected chi connectivity index (χ0v) is 12.6. The molecule has 2 aliphatic heterocycles. The average molecular weight is 269 g/mol. The van der Waals surface area contributed by atoms with Crippen LogP contribution in [0.15, 0.2) is 0 Å². The van der Waals surface area contributed by atoms with Gasteiger partial charge in [-0.25, -0.2) is 0 Å². The normalized spacial score (nSPS) is 32.8. The Labute approximate surface area is 117 Å². The molecule has 0 aromatic heterocycles. The SMILES string of the molecule is CN1CCCC2CN(CCCC(C)(O)CN)CCC21. The van der Waals surface area contributed by atoms with Crippen LogP contribution in [0.5, 0.6) is 0 Å². The quantitative estimate of drug-likeness (QED) is 0.778. The van der Waals surface area contributed by atoms with Crippen LogP contribution in [0.1, 0.15) is 39.0 Å². The first-order chi connectivity index (χ1) is 9.02. The van der Waals surface area contributed by atoms with Crippen LogP contribution in [0, 0.1) is 5.92 Å². The highest BCUT2D eigenvalue weighted by Gasteiger charge is 2.33. The van der Waals surface area contributed by atoms with E-state index in [1.54, 1.807) is 0 Å². The fraction of sp³-hybridized carbons (Fsp3) is 1.00. The molecule has 2 fully saturated rings. The Kier molecular flexibility index (Phi) is 5.23. The van der Waals surface area contributed by atoms with Crippen LogP contribution < -0.4 is 5.73 Å². The van der Waals surface area contributed by atoms with E-state index in [0.29, 0.717) is 6.54 Å². The molecule has 112 valence electrons. The highest BCUT2D eigenvalue weighted by molar-refractivity contribution is 4.89. The zero-order valence-electron chi connectivity index (χ0n) is 12.6. The summed E-state index contributed by atoms with van der Waals surface area (Å²) in [6.07, 6.45) is 5.93. The average Bonchev–Trinajstić information content (AvgIpc) is 2.39. The Hall–Kier alpha value is -0.160. The van der Waals surface area contributed by atoms with Gasteiger partial charge in [0.15, 0.2) is 0 Å². The van der Waals surface area contributed by atoms with Crippen LogP contribution in [0.4, 0.5) is 0 Å². The molecule has 0 amide bonds. The van der Waals surface area contributed by atoms with Gasteiger partial charge in [0.1, 0.15) is 0 Å². The van der Waals surface area contributed by atoms with Crippen molar-refractivity contribution in [3.8, 4) is 0 Å². The van der Waals surface area contributed by atoms with E-state index in [1.165, 1.54) is 38.9 Å². The van der Waals surface area contributed by atoms with E-state index in [-0.39, 0.29) is 0 Å². The first-order valence-electron chi connectivity index (χ1n) is 7.87. The molecule has 19 heavy (non-hydrogen) atoms. The number of hydrogen-bond acceptors (Lipinski definition) is 4. The highest BCUT2D eigenvalue weighted by Crippen LogP contribution is 2.29. The molecule has 3 unspecified atom stereocenters. The van der Waals surface area contributed by atoms with Crippen LogP contribution in [0.3, 0.4) is 0 Å². The van der Waals surface area contributed by atoms with Gasteiger partial charge in [0, 0.05) is 19.1 Å². The van der Waals surface area contributed by atoms with Gasteiger partial charge in [0.25, 0.3) is 0 Å². The third-order valence-electron chi connectivity index (χ3n) is 5.06. The molecule has 0 aromatic rings. The molecule has 3 N–H and O–H groups in total. The number of nitrogens with zero attached hydrogens (tertiary/aromatic N) is 2. The minimum absolute atomic E-state index is 0.364. The zero-order chi connectivity index (χ0) is 13.9. The van der Waals surface area contributed by atoms with Crippen LogP contribution in [-0.4, -0.2) is 66.3 Å². The lowest BCUT2D eigenvalue weighted by Crippen LogP contribution is -2.52. The molecule has 0 saturated carbocycles. The minimum Gasteiger partial charge on any atom is -0.389 e. The monoisotopic (exact) mass is 269 g/mol. The minimum atomic E-state index is -0.677. The van der Waals surface area contributed by atoms with Gasteiger partial charge >= 0.3 is 0 Å². The molecular formula is C15H31N3O. The van der Waals surface area contributed by atoms with E-state index in [0.717, 1.165) is 31.3 Å². The number of fused-ring (bicyclic) bond motifs is 1. The summed E-state index contributed by atoms with van der Waals surface area (Å²) in [7, 11) is 2.28. The summed E-state index contributed by atoms with van der Waals surface area (Å²) in [5.74, 6) is 0.863. The molecular weight excluding hydrogens is 238 g/mol. The molecule has 2 saturated heterocycles. The Morgan fingerprint density at radius 2 is 2.11 bits per heavy atom. The smallest absolute Gasteiger partial charge is 0.0741 e. The number of nitrogens with two attached hydrogens (primary N) is 1. The van der Waals surface area contributed by atoms with Gasteiger partial charge in [0.2, 0.25) is 0 Å². The van der Waals surface area contributed by atoms with Gasteiger partial charge in [-0.05, 0) is 71.6 Å². The fourth-order valence-corrected chi connectivity index (χ4v) is 3.72. The molecule has 3 atom stereocenters. The molecule has 4 nitrogen and oxygen atoms in total. The molecule has 2 aliphatic rings. The molecule has 0 radical (unpaired) electrons. The predicted molar refractivity (Wildman–Crippen MR) is 79.1 cm³/mol. The number of aliphatic hydroxyl groups is 1. The van der Waals surface area contributed by atoms with Crippen LogP contribution in [-0.2, 0) is 0 Å². The lowest BCUT2D eigenvalue weighted by atomic mass is 9.84. The van der Waals surface area contributed by atoms with E-state index in [1.807, 2.05) is 6.92 Å². The first-order valence-corrected chi connectivity index (χ1v) is 7.87. The van der Waals surface area contributed by atoms with Crippen LogP contribution >= 0.6 is 0 Å². The Bertz CT molecular complexity index is 283. The summed E-state index contributed by atoms with van der Waals surface area (Å²) in [6.45, 7) is 7.07. The number of rotatable bonds is 5. The topological polar surface area (TPSA) is 52.7 Å². The lowest BCUT2D eigenvalue weighted by molar-refractivity contribution is 0.0282. The fourth-order valence-electron chi connectivity index (χ4n) is 3.72. The van der Waals surface area contributed by atoms with Gasteiger partial charge in [-0.3, -0.25) is 0 Å². The van der Waals surface area contributed by atoms with Crippen molar-refractivity contribution in [2.75, 3.05) is 39.8 Å². The van der Waals surface area contributed by atoms with Gasteiger partial charge in [-0.15, -0.1) is 0 Å². The molecule has 0 bridgehead atoms. The lowest BCUT2D eigenvalue weighted by Gasteiger charge is -2.46. The maximum atomic E-state index is 9.92. The Morgan fingerprint density at radius 1 is 1.32 bits per heavy atom. The van der Waals surface area contributed by atoms with Crippen molar-refractivity contribution < 1.29 is 5.11 Å². The molecule has 0 spiro atoms. The van der Waals surface area contributed by atoms with Gasteiger partial charge in [0.05, 0.1) is 5.60 Å². The molecule has 4 heteroatoms. The standard InChI is InChI=1S/C15H31N3O/c1-15(19,12-16)7-4-9-18-10-6-14-13(11-18)5-3-8-17(14)2/h13-14,19H,3-12,16H2,1-2H3. The maximum Gasteiger partial charge on any atom is 0.0741 e. The van der Waals surface area contributed by atoms with E-state index in [4.69, 9.17) is 5.73 Å². The first kappa shape index (κ1) is 15.2. The van der Waals surface area contributed by atoms with Crippen molar-refractivity contribution in [2.45, 2.75) is 50.7 Å². The van der Waals surface area contributed by atoms with Crippen LogP contribution in [0.2, 0.25) is 0 Å². The molecule has 0 aliphatic carbocycles. The van der Waals surface area contributed by atoms with Crippen molar-refractivity contribution in [3.05, 3.63) is 0 Å². The van der Waals surface area contributed by atoms with E-state index in [2.05, 4.69) is 16.8 Å². The van der Waals surface area contributed by atoms with Crippen molar-refractivity contribution in [3.63, 3.8) is 0 Å². The molecule has 2 rings (SSSR count). The second-order valence-electron chi connectivity index (χ2n) is 6.84. The van der Waals surface area contributed by atoms with Gasteiger partial charge in [-0.1, -0.05) is 0 Å². The van der Waals surface area contributed by atoms with Gasteiger partial charge in [-0.2, -0.15) is 0 Å². The summed E-state index contributed by atoms with van der Waals surface area (Å²) in [5, 5.41) is 9.92. The second kappa shape index (κ2) is 6.53. The third kappa shape index (κ3) is 4.15. The van der Waals surface area contributed by atoms with Crippen molar-refractivity contribution in [1.29, 1.82) is 0 Å². The largest absolute Gasteiger partial charge is 0.389 e. The van der Waals surface area contributed by atoms with E-state index >= 15 is 0 Å². The highest BCUT2D eigenvalue weighted by atomic mass is 16.3. The summed E-state index contributed by atoms with van der Waals surface area (Å²) in [6, 6.07) is 0.817. The summed E-state index contributed by atoms with van der Waals surface area (Å²) >= 11 is 0. The van der Waals surface area contributed by atoms with E-state index < -0.39 is 5.60 Å². The Morgan fingerprint density at radius 3 is 2.84 bits per heavy atom. The number of hydrogen-bond donors (Lipinski definition) is 2. The Balaban J connectivity index is 1.72. The number of likely N-dealkylation sites (tertiary alicyclic amines) is 2. The summed E-state index contributed by atoms with van der Waals surface area (Å²) < 4.78 is 0. The van der Waals surface area contributed by atoms with Crippen molar-refractivity contribution in [2.24, 2.45) is 11.7 Å². The van der Waals surface area contributed by atoms with E-state index in [9.17, 15) is 5.11 Å². The third-order valence-corrected chi connectivity index (χ3v) is 5.06. The van der Waals surface area contributed by atoms with Gasteiger partial charge < -0.3 is 20.6 Å². The molecule has 0 aromatic carbocycles. The summed E-state index contributed by atoms with van der Waals surface area (Å²) in [5.41, 5.74) is 4.88. The second-order valence-corrected chi connectivity index (χ2v) is 6.84. The summed E-state index contributed by atoms with van der Waals surface area (Å²) in [4.78, 5) is 5.15.